The van der Waals surface area contributed by atoms with Crippen molar-refractivity contribution in [2.24, 2.45) is 16.5 Å². The third-order valence-corrected chi connectivity index (χ3v) is 6.08. The van der Waals surface area contributed by atoms with Gasteiger partial charge in [-0.1, -0.05) is 17.4 Å². The number of likely N-dealkylation sites (tertiary alicyclic amines) is 1. The molecule has 190 valence electrons. The predicted octanol–water partition coefficient (Wildman–Crippen LogP) is 2.97. The number of alkyl halides is 3. The molecular weight excluding hydrogens is 493 g/mol. The van der Waals surface area contributed by atoms with Crippen molar-refractivity contribution in [1.82, 2.24) is 15.2 Å². The van der Waals surface area contributed by atoms with Gasteiger partial charge in [-0.3, -0.25) is 9.79 Å². The maximum atomic E-state index is 14.1. The molecule has 2 heterocycles. The first-order chi connectivity index (χ1) is 16.5. The minimum absolute atomic E-state index is 0.115. The SMILES string of the molecule is NC=C(NC(=O)c1nc(-c2c(F)cccc2F)sc1N)C(=NCC(F)(F)F)N1CCC[C@@H](N)CC1. The number of benzene rings is 1. The summed E-state index contributed by atoms with van der Waals surface area (Å²) in [6, 6.07) is 3.12. The Bertz CT molecular complexity index is 1110. The highest BCUT2D eigenvalue weighted by atomic mass is 32.1. The summed E-state index contributed by atoms with van der Waals surface area (Å²) in [4.78, 5) is 22.1. The number of nitrogens with one attached hydrogen (secondary N) is 1. The van der Waals surface area contributed by atoms with E-state index < -0.39 is 35.8 Å². The van der Waals surface area contributed by atoms with Crippen LogP contribution in [0.15, 0.2) is 35.1 Å². The van der Waals surface area contributed by atoms with Gasteiger partial charge in [0.2, 0.25) is 0 Å². The van der Waals surface area contributed by atoms with E-state index in [1.807, 2.05) is 0 Å². The van der Waals surface area contributed by atoms with Crippen LogP contribution in [0.3, 0.4) is 0 Å². The van der Waals surface area contributed by atoms with E-state index in [2.05, 4.69) is 15.3 Å². The highest BCUT2D eigenvalue weighted by molar-refractivity contribution is 7.19. The molecule has 0 saturated carbocycles. The summed E-state index contributed by atoms with van der Waals surface area (Å²) in [6.45, 7) is -0.832. The third kappa shape index (κ3) is 6.66. The summed E-state index contributed by atoms with van der Waals surface area (Å²) in [5, 5.41) is 2.07. The van der Waals surface area contributed by atoms with E-state index in [1.165, 1.54) is 6.07 Å². The zero-order chi connectivity index (χ0) is 25.8. The van der Waals surface area contributed by atoms with Gasteiger partial charge in [-0.05, 0) is 31.4 Å². The largest absolute Gasteiger partial charge is 0.408 e. The summed E-state index contributed by atoms with van der Waals surface area (Å²) in [7, 11) is 0. The van der Waals surface area contributed by atoms with Gasteiger partial charge in [-0.2, -0.15) is 13.2 Å². The van der Waals surface area contributed by atoms with E-state index in [0.717, 1.165) is 18.3 Å². The molecule has 8 nitrogen and oxygen atoms in total. The molecular formula is C21H24F5N7OS. The maximum Gasteiger partial charge on any atom is 0.408 e. The Morgan fingerprint density at radius 3 is 2.57 bits per heavy atom. The second-order valence-electron chi connectivity index (χ2n) is 7.80. The standard InChI is InChI=1S/C21H24F5N7OS/c22-12-4-1-5-13(23)15(12)20-32-16(17(29)35-20)19(34)31-14(9-27)18(30-10-21(24,25)26)33-7-2-3-11(28)6-8-33/h1,4-5,9,11H,2-3,6-8,10,27-29H2,(H,31,34)/t11-/m1/s1. The first kappa shape index (κ1) is 26.3. The highest BCUT2D eigenvalue weighted by Crippen LogP contribution is 2.33. The molecule has 1 fully saturated rings. The van der Waals surface area contributed by atoms with Gasteiger partial charge in [-0.15, -0.1) is 0 Å². The number of amides is 1. The number of aliphatic imine (C=N–C) groups is 1. The number of thiazole rings is 1. The molecule has 7 N–H and O–H groups in total. The smallest absolute Gasteiger partial charge is 0.403 e. The van der Waals surface area contributed by atoms with Crippen molar-refractivity contribution >= 4 is 28.1 Å². The number of nitrogen functional groups attached to an aromatic ring is 1. The summed E-state index contributed by atoms with van der Waals surface area (Å²) < 4.78 is 67.1. The number of halogens is 5. The summed E-state index contributed by atoms with van der Waals surface area (Å²) >= 11 is 0.684. The van der Waals surface area contributed by atoms with Crippen LogP contribution < -0.4 is 22.5 Å². The normalized spacial score (nSPS) is 17.9. The zero-order valence-electron chi connectivity index (χ0n) is 18.4. The lowest BCUT2D eigenvalue weighted by Crippen LogP contribution is -2.41. The number of amidine groups is 1. The van der Waals surface area contributed by atoms with Gasteiger partial charge in [0.25, 0.3) is 5.91 Å². The molecule has 0 aliphatic carbocycles. The minimum atomic E-state index is -4.59. The van der Waals surface area contributed by atoms with Gasteiger partial charge in [-0.25, -0.2) is 13.8 Å². The quantitative estimate of drug-likeness (QED) is 0.274. The molecule has 1 aliphatic heterocycles. The minimum Gasteiger partial charge on any atom is -0.403 e. The van der Waals surface area contributed by atoms with Gasteiger partial charge >= 0.3 is 6.18 Å². The van der Waals surface area contributed by atoms with Gasteiger partial charge in [0.15, 0.2) is 5.69 Å². The molecule has 0 unspecified atom stereocenters. The topological polar surface area (TPSA) is 136 Å². The first-order valence-corrected chi connectivity index (χ1v) is 11.4. The summed E-state index contributed by atoms with van der Waals surface area (Å²) in [5.74, 6) is -2.88. The fourth-order valence-corrected chi connectivity index (χ4v) is 4.39. The Balaban J connectivity index is 1.89. The molecule has 1 saturated heterocycles. The number of aromatic nitrogens is 1. The van der Waals surface area contributed by atoms with E-state index in [-0.39, 0.29) is 33.3 Å². The Kier molecular flexibility index (Phi) is 8.27. The number of anilines is 1. The molecule has 0 bridgehead atoms. The van der Waals surface area contributed by atoms with Crippen molar-refractivity contribution in [3.63, 3.8) is 0 Å². The van der Waals surface area contributed by atoms with E-state index >= 15 is 0 Å². The number of carbonyl (C=O) groups is 1. The second-order valence-corrected chi connectivity index (χ2v) is 8.83. The summed E-state index contributed by atoms with van der Waals surface area (Å²) in [5.41, 5.74) is 16.5. The van der Waals surface area contributed by atoms with Gasteiger partial charge in [0.1, 0.15) is 34.0 Å². The van der Waals surface area contributed by atoms with Gasteiger partial charge < -0.3 is 27.4 Å². The van der Waals surface area contributed by atoms with Crippen LogP contribution in [0, 0.1) is 11.6 Å². The molecule has 1 amide bonds. The molecule has 1 aromatic carbocycles. The van der Waals surface area contributed by atoms with Crippen LogP contribution in [0.4, 0.5) is 27.0 Å². The van der Waals surface area contributed by atoms with Crippen molar-refractivity contribution in [3.05, 3.63) is 47.4 Å². The van der Waals surface area contributed by atoms with E-state index in [9.17, 15) is 26.7 Å². The molecule has 1 aliphatic rings. The van der Waals surface area contributed by atoms with Crippen LogP contribution >= 0.6 is 11.3 Å². The molecule has 3 rings (SSSR count). The van der Waals surface area contributed by atoms with Crippen molar-refractivity contribution in [2.75, 3.05) is 25.4 Å². The van der Waals surface area contributed by atoms with Crippen LogP contribution in [-0.4, -0.2) is 53.5 Å². The van der Waals surface area contributed by atoms with Crippen LogP contribution in [-0.2, 0) is 0 Å². The monoisotopic (exact) mass is 517 g/mol. The fourth-order valence-electron chi connectivity index (χ4n) is 3.51. The molecule has 0 radical (unpaired) electrons. The van der Waals surface area contributed by atoms with Crippen LogP contribution in [0.25, 0.3) is 10.6 Å². The van der Waals surface area contributed by atoms with Crippen molar-refractivity contribution < 1.29 is 26.7 Å². The molecule has 0 spiro atoms. The Hall–Kier alpha value is -3.26. The first-order valence-electron chi connectivity index (χ1n) is 10.6. The van der Waals surface area contributed by atoms with Gasteiger partial charge in [0, 0.05) is 25.3 Å². The molecule has 35 heavy (non-hydrogen) atoms. The summed E-state index contributed by atoms with van der Waals surface area (Å²) in [6.07, 6.45) is -1.88. The molecule has 1 atom stereocenters. The number of hydrogen-bond acceptors (Lipinski definition) is 7. The Labute approximate surface area is 201 Å². The number of nitrogens with two attached hydrogens (primary N) is 3. The Morgan fingerprint density at radius 1 is 1.26 bits per heavy atom. The van der Waals surface area contributed by atoms with Crippen molar-refractivity contribution in [3.8, 4) is 10.6 Å². The Morgan fingerprint density at radius 2 is 1.94 bits per heavy atom. The van der Waals surface area contributed by atoms with Crippen LogP contribution in [0.5, 0.6) is 0 Å². The maximum absolute atomic E-state index is 14.1. The van der Waals surface area contributed by atoms with Crippen LogP contribution in [0.2, 0.25) is 0 Å². The molecule has 14 heteroatoms. The van der Waals surface area contributed by atoms with Crippen molar-refractivity contribution in [2.45, 2.75) is 31.5 Å². The highest BCUT2D eigenvalue weighted by Gasteiger charge is 2.30. The average Bonchev–Trinajstić information content (AvgIpc) is 3.02. The predicted molar refractivity (Wildman–Crippen MR) is 123 cm³/mol. The molecule has 2 aromatic rings. The number of nitrogens with zero attached hydrogens (tertiary/aromatic N) is 3. The van der Waals surface area contributed by atoms with Crippen molar-refractivity contribution in [1.29, 1.82) is 0 Å². The number of hydrogen-bond donors (Lipinski definition) is 4. The lowest BCUT2D eigenvalue weighted by Gasteiger charge is -2.26. The van der Waals surface area contributed by atoms with E-state index in [1.54, 1.807) is 4.90 Å². The number of rotatable bonds is 5. The average molecular weight is 518 g/mol. The third-order valence-electron chi connectivity index (χ3n) is 5.18. The lowest BCUT2D eigenvalue weighted by atomic mass is 10.1. The van der Waals surface area contributed by atoms with Gasteiger partial charge in [0.05, 0.1) is 11.3 Å². The fraction of sp³-hybridized carbons (Fsp3) is 0.381. The number of carbonyl (C=O) groups excluding carboxylic acids is 1. The second kappa shape index (κ2) is 11.0. The zero-order valence-corrected chi connectivity index (χ0v) is 19.2. The van der Waals surface area contributed by atoms with E-state index in [4.69, 9.17) is 17.2 Å². The lowest BCUT2D eigenvalue weighted by molar-refractivity contribution is -0.118. The van der Waals surface area contributed by atoms with E-state index in [0.29, 0.717) is 43.7 Å². The van der Waals surface area contributed by atoms with Crippen LogP contribution in [0.1, 0.15) is 29.8 Å². The molecule has 1 aromatic heterocycles.